The normalized spacial score (nSPS) is 17.1. The molecular weight excluding hydrogens is 192 g/mol. The van der Waals surface area contributed by atoms with Crippen LogP contribution in [0.5, 0.6) is 0 Å². The largest absolute Gasteiger partial charge is 0.376 e. The molecule has 0 spiro atoms. The van der Waals surface area contributed by atoms with Crippen molar-refractivity contribution in [3.05, 3.63) is 23.4 Å². The van der Waals surface area contributed by atoms with Crippen molar-refractivity contribution in [2.75, 3.05) is 0 Å². The molecule has 14 heavy (non-hydrogen) atoms. The van der Waals surface area contributed by atoms with Crippen LogP contribution in [0.1, 0.15) is 33.6 Å². The Morgan fingerprint density at radius 2 is 2.00 bits per heavy atom. The van der Waals surface area contributed by atoms with Crippen molar-refractivity contribution in [3.63, 3.8) is 0 Å². The molecule has 1 rings (SSSR count). The van der Waals surface area contributed by atoms with Gasteiger partial charge in [0.05, 0.1) is 0 Å². The molecule has 0 radical (unpaired) electrons. The number of thiocarbonyl (C=S) groups is 1. The van der Waals surface area contributed by atoms with E-state index in [0.29, 0.717) is 5.11 Å². The molecule has 0 unspecified atom stereocenters. The van der Waals surface area contributed by atoms with Crippen LogP contribution >= 0.6 is 12.2 Å². The van der Waals surface area contributed by atoms with E-state index in [-0.39, 0.29) is 5.41 Å². The van der Waals surface area contributed by atoms with Gasteiger partial charge in [-0.05, 0) is 36.6 Å². The van der Waals surface area contributed by atoms with Crippen molar-refractivity contribution in [2.45, 2.75) is 33.6 Å². The molecule has 0 aliphatic heterocycles. The first-order chi connectivity index (χ1) is 6.39. The summed E-state index contributed by atoms with van der Waals surface area (Å²) in [6.45, 7) is 6.70. The zero-order valence-corrected chi connectivity index (χ0v) is 9.87. The van der Waals surface area contributed by atoms with E-state index < -0.39 is 0 Å². The van der Waals surface area contributed by atoms with Gasteiger partial charge in [0.25, 0.3) is 0 Å². The van der Waals surface area contributed by atoms with E-state index in [1.165, 1.54) is 5.57 Å². The highest BCUT2D eigenvalue weighted by molar-refractivity contribution is 7.80. The predicted molar refractivity (Wildman–Crippen MR) is 64.8 cm³/mol. The molecule has 0 amide bonds. The first kappa shape index (κ1) is 11.2. The van der Waals surface area contributed by atoms with Crippen LogP contribution < -0.4 is 11.1 Å². The molecule has 0 aromatic heterocycles. The Morgan fingerprint density at radius 3 is 2.36 bits per heavy atom. The van der Waals surface area contributed by atoms with Gasteiger partial charge in [0.15, 0.2) is 5.11 Å². The minimum absolute atomic E-state index is 0.269. The smallest absolute Gasteiger partial charge is 0.167 e. The van der Waals surface area contributed by atoms with Gasteiger partial charge in [0.1, 0.15) is 0 Å². The van der Waals surface area contributed by atoms with Crippen LogP contribution in [0.15, 0.2) is 23.4 Å². The van der Waals surface area contributed by atoms with Gasteiger partial charge in [-0.1, -0.05) is 32.4 Å². The minimum Gasteiger partial charge on any atom is -0.376 e. The molecule has 0 heterocycles. The number of nitrogens with two attached hydrogens (primary N) is 1. The maximum atomic E-state index is 5.40. The third kappa shape index (κ3) is 3.14. The quantitative estimate of drug-likeness (QED) is 0.653. The first-order valence-electron chi connectivity index (χ1n) is 4.86. The summed E-state index contributed by atoms with van der Waals surface area (Å²) in [6.07, 6.45) is 6.33. The molecule has 3 N–H and O–H groups in total. The number of nitrogens with one attached hydrogen (secondary N) is 1. The number of allylic oxidation sites excluding steroid dienone is 4. The van der Waals surface area contributed by atoms with Gasteiger partial charge in [-0.2, -0.15) is 0 Å². The molecule has 0 saturated heterocycles. The highest BCUT2D eigenvalue weighted by Crippen LogP contribution is 2.32. The van der Waals surface area contributed by atoms with E-state index in [4.69, 9.17) is 18.0 Å². The first-order valence-corrected chi connectivity index (χ1v) is 5.27. The highest BCUT2D eigenvalue weighted by Gasteiger charge is 2.18. The maximum absolute atomic E-state index is 5.40. The second-order valence-corrected chi connectivity index (χ2v) is 5.06. The van der Waals surface area contributed by atoms with Crippen LogP contribution in [0.2, 0.25) is 0 Å². The molecule has 0 atom stereocenters. The molecule has 0 aromatic carbocycles. The second kappa shape index (κ2) is 4.13. The lowest BCUT2D eigenvalue weighted by molar-refractivity contribution is 0.478. The average molecular weight is 210 g/mol. The molecular formula is C11H18N2S. The highest BCUT2D eigenvalue weighted by atomic mass is 32.1. The van der Waals surface area contributed by atoms with Crippen molar-refractivity contribution in [1.29, 1.82) is 0 Å². The van der Waals surface area contributed by atoms with Crippen LogP contribution in [0.4, 0.5) is 0 Å². The van der Waals surface area contributed by atoms with Crippen LogP contribution in [-0.2, 0) is 0 Å². The fourth-order valence-electron chi connectivity index (χ4n) is 1.52. The average Bonchev–Trinajstić information content (AvgIpc) is 2.02. The van der Waals surface area contributed by atoms with Crippen molar-refractivity contribution in [2.24, 2.45) is 11.1 Å². The number of hydrogen-bond donors (Lipinski definition) is 2. The zero-order chi connectivity index (χ0) is 10.8. The summed E-state index contributed by atoms with van der Waals surface area (Å²) < 4.78 is 0. The number of rotatable bonds is 1. The summed E-state index contributed by atoms with van der Waals surface area (Å²) in [6, 6.07) is 0. The molecule has 0 aromatic rings. The standard InChI is InChI=1S/C11H18N2S/c1-11(2,3)8-4-6-9(7-5-8)13-10(12)14/h4,6H,5,7H2,1-3H3,(H3,12,13,14). The molecule has 78 valence electrons. The van der Waals surface area contributed by atoms with E-state index in [0.717, 1.165) is 18.5 Å². The Hall–Kier alpha value is -0.830. The van der Waals surface area contributed by atoms with Gasteiger partial charge >= 0.3 is 0 Å². The Balaban J connectivity index is 2.69. The minimum atomic E-state index is 0.269. The zero-order valence-electron chi connectivity index (χ0n) is 9.05. The van der Waals surface area contributed by atoms with E-state index in [9.17, 15) is 0 Å². The van der Waals surface area contributed by atoms with E-state index >= 15 is 0 Å². The third-order valence-electron chi connectivity index (χ3n) is 2.40. The summed E-state index contributed by atoms with van der Waals surface area (Å²) in [7, 11) is 0. The SMILES string of the molecule is CC(C)(C)C1=CC=C(NC(N)=S)CC1. The molecule has 0 fully saturated rings. The van der Waals surface area contributed by atoms with Gasteiger partial charge in [0.2, 0.25) is 0 Å². The molecule has 0 saturated carbocycles. The van der Waals surface area contributed by atoms with Gasteiger partial charge in [-0.3, -0.25) is 0 Å². The van der Waals surface area contributed by atoms with Crippen molar-refractivity contribution in [3.8, 4) is 0 Å². The van der Waals surface area contributed by atoms with Crippen LogP contribution in [0.25, 0.3) is 0 Å². The molecule has 1 aliphatic carbocycles. The van der Waals surface area contributed by atoms with Crippen molar-refractivity contribution >= 4 is 17.3 Å². The lowest BCUT2D eigenvalue weighted by Gasteiger charge is -2.26. The molecule has 2 nitrogen and oxygen atoms in total. The second-order valence-electron chi connectivity index (χ2n) is 4.62. The van der Waals surface area contributed by atoms with Gasteiger partial charge in [0, 0.05) is 5.70 Å². The Labute approximate surface area is 91.3 Å². The Bertz CT molecular complexity index is 295. The summed E-state index contributed by atoms with van der Waals surface area (Å²) in [5, 5.41) is 3.33. The van der Waals surface area contributed by atoms with Gasteiger partial charge in [-0.15, -0.1) is 0 Å². The predicted octanol–water partition coefficient (Wildman–Crippen LogP) is 2.47. The van der Waals surface area contributed by atoms with E-state index in [2.05, 4.69) is 38.2 Å². The van der Waals surface area contributed by atoms with E-state index in [1.807, 2.05) is 0 Å². The Morgan fingerprint density at radius 1 is 1.36 bits per heavy atom. The number of hydrogen-bond acceptors (Lipinski definition) is 1. The summed E-state index contributed by atoms with van der Waals surface area (Å²) in [5.74, 6) is 0. The van der Waals surface area contributed by atoms with E-state index in [1.54, 1.807) is 0 Å². The Kier molecular flexibility index (Phi) is 3.32. The molecule has 1 aliphatic rings. The summed E-state index contributed by atoms with van der Waals surface area (Å²) >= 11 is 4.78. The fourth-order valence-corrected chi connectivity index (χ4v) is 1.66. The van der Waals surface area contributed by atoms with Crippen LogP contribution in [0.3, 0.4) is 0 Å². The third-order valence-corrected chi connectivity index (χ3v) is 2.50. The van der Waals surface area contributed by atoms with Crippen LogP contribution in [-0.4, -0.2) is 5.11 Å². The monoisotopic (exact) mass is 210 g/mol. The maximum Gasteiger partial charge on any atom is 0.167 e. The topological polar surface area (TPSA) is 38.0 Å². The lowest BCUT2D eigenvalue weighted by Crippen LogP contribution is -2.29. The summed E-state index contributed by atoms with van der Waals surface area (Å²) in [4.78, 5) is 0. The molecule has 0 bridgehead atoms. The summed E-state index contributed by atoms with van der Waals surface area (Å²) in [5.41, 5.74) is 8.27. The van der Waals surface area contributed by atoms with Crippen LogP contribution in [0, 0.1) is 5.41 Å². The van der Waals surface area contributed by atoms with Crippen molar-refractivity contribution < 1.29 is 0 Å². The fraction of sp³-hybridized carbons (Fsp3) is 0.545. The lowest BCUT2D eigenvalue weighted by atomic mass is 9.81. The van der Waals surface area contributed by atoms with Gasteiger partial charge in [-0.25, -0.2) is 0 Å². The van der Waals surface area contributed by atoms with Crippen molar-refractivity contribution in [1.82, 2.24) is 5.32 Å². The molecule has 3 heteroatoms. The van der Waals surface area contributed by atoms with Gasteiger partial charge < -0.3 is 11.1 Å².